The van der Waals surface area contributed by atoms with E-state index in [0.29, 0.717) is 5.56 Å². The molecule has 0 aliphatic carbocycles. The van der Waals surface area contributed by atoms with Gasteiger partial charge >= 0.3 is 0 Å². The number of hydrazone groups is 1. The number of phenolic OH excluding ortho intramolecular Hbond substituents is 1. The average molecular weight is 316 g/mol. The highest BCUT2D eigenvalue weighted by molar-refractivity contribution is 7.80. The summed E-state index contributed by atoms with van der Waals surface area (Å²) in [4.78, 5) is 10.4. The van der Waals surface area contributed by atoms with Crippen LogP contribution in [0.15, 0.2) is 53.6 Å². The van der Waals surface area contributed by atoms with Crippen molar-refractivity contribution in [1.82, 2.24) is 5.43 Å². The number of nitrogens with one attached hydrogen (secondary N) is 2. The maximum absolute atomic E-state index is 10.9. The van der Waals surface area contributed by atoms with E-state index in [1.807, 2.05) is 0 Å². The smallest absolute Gasteiger partial charge is 0.292 e. The SMILES string of the molecule is O=[N+]([O-])c1ccccc1NC(=S)N/N=C/c1ccccc1O. The number of anilines is 1. The number of thiocarbonyl (C=S) groups is 1. The molecule has 112 valence electrons. The normalized spacial score (nSPS) is 10.4. The molecule has 2 rings (SSSR count). The molecule has 7 nitrogen and oxygen atoms in total. The van der Waals surface area contributed by atoms with Crippen LogP contribution in [0.1, 0.15) is 5.56 Å². The summed E-state index contributed by atoms with van der Waals surface area (Å²) in [5.41, 5.74) is 3.23. The van der Waals surface area contributed by atoms with Crippen molar-refractivity contribution in [2.24, 2.45) is 5.10 Å². The lowest BCUT2D eigenvalue weighted by molar-refractivity contribution is -0.383. The van der Waals surface area contributed by atoms with Crippen molar-refractivity contribution < 1.29 is 10.0 Å². The predicted octanol–water partition coefficient (Wildman–Crippen LogP) is 2.62. The number of hydrogen-bond acceptors (Lipinski definition) is 5. The Morgan fingerprint density at radius 2 is 1.91 bits per heavy atom. The second-order valence-corrected chi connectivity index (χ2v) is 4.57. The van der Waals surface area contributed by atoms with Gasteiger partial charge in [-0.25, -0.2) is 0 Å². The maximum Gasteiger partial charge on any atom is 0.292 e. The van der Waals surface area contributed by atoms with E-state index in [4.69, 9.17) is 12.2 Å². The number of aromatic hydroxyl groups is 1. The van der Waals surface area contributed by atoms with Crippen LogP contribution in [0.25, 0.3) is 0 Å². The van der Waals surface area contributed by atoms with Crippen LogP contribution < -0.4 is 10.7 Å². The van der Waals surface area contributed by atoms with Crippen molar-refractivity contribution in [2.45, 2.75) is 0 Å². The highest BCUT2D eigenvalue weighted by Gasteiger charge is 2.12. The van der Waals surface area contributed by atoms with E-state index >= 15 is 0 Å². The molecule has 0 spiro atoms. The van der Waals surface area contributed by atoms with Crippen LogP contribution in [-0.2, 0) is 0 Å². The highest BCUT2D eigenvalue weighted by atomic mass is 32.1. The molecule has 2 aromatic rings. The lowest BCUT2D eigenvalue weighted by Gasteiger charge is -2.07. The van der Waals surface area contributed by atoms with Crippen molar-refractivity contribution in [1.29, 1.82) is 0 Å². The monoisotopic (exact) mass is 316 g/mol. The molecule has 2 aromatic carbocycles. The molecule has 0 radical (unpaired) electrons. The molecule has 0 amide bonds. The zero-order chi connectivity index (χ0) is 15.9. The van der Waals surface area contributed by atoms with Crippen LogP contribution in [-0.4, -0.2) is 21.4 Å². The zero-order valence-corrected chi connectivity index (χ0v) is 12.1. The number of nitro benzene ring substituents is 1. The Labute approximate surface area is 131 Å². The molecule has 0 bridgehead atoms. The average Bonchev–Trinajstić information content (AvgIpc) is 2.49. The van der Waals surface area contributed by atoms with Crippen molar-refractivity contribution in [2.75, 3.05) is 5.32 Å². The van der Waals surface area contributed by atoms with Crippen molar-refractivity contribution in [3.05, 3.63) is 64.2 Å². The number of rotatable bonds is 4. The molecule has 22 heavy (non-hydrogen) atoms. The molecular formula is C14H12N4O3S. The van der Waals surface area contributed by atoms with E-state index in [-0.39, 0.29) is 22.2 Å². The first-order valence-electron chi connectivity index (χ1n) is 6.19. The number of benzene rings is 2. The van der Waals surface area contributed by atoms with Gasteiger partial charge < -0.3 is 10.4 Å². The van der Waals surface area contributed by atoms with Crippen LogP contribution >= 0.6 is 12.2 Å². The standard InChI is InChI=1S/C14H12N4O3S/c19-13-8-4-1-5-10(13)9-15-17-14(22)16-11-6-2-3-7-12(11)18(20)21/h1-9,19H,(H2,16,17,22)/b15-9+. The Bertz CT molecular complexity index is 734. The summed E-state index contributed by atoms with van der Waals surface area (Å²) in [5, 5.41) is 27.1. The van der Waals surface area contributed by atoms with E-state index in [9.17, 15) is 15.2 Å². The molecule has 0 aliphatic rings. The van der Waals surface area contributed by atoms with E-state index in [0.717, 1.165) is 0 Å². The number of nitrogens with zero attached hydrogens (tertiary/aromatic N) is 2. The summed E-state index contributed by atoms with van der Waals surface area (Å²) >= 11 is 5.01. The quantitative estimate of drug-likeness (QED) is 0.347. The Morgan fingerprint density at radius 3 is 2.64 bits per heavy atom. The van der Waals surface area contributed by atoms with E-state index < -0.39 is 4.92 Å². The third kappa shape index (κ3) is 4.00. The van der Waals surface area contributed by atoms with Crippen LogP contribution in [0.3, 0.4) is 0 Å². The Balaban J connectivity index is 2.00. The molecule has 8 heteroatoms. The highest BCUT2D eigenvalue weighted by Crippen LogP contribution is 2.22. The van der Waals surface area contributed by atoms with Crippen LogP contribution in [0.5, 0.6) is 5.75 Å². The molecule has 0 aromatic heterocycles. The van der Waals surface area contributed by atoms with E-state index in [1.54, 1.807) is 36.4 Å². The van der Waals surface area contributed by atoms with E-state index in [2.05, 4.69) is 15.8 Å². The summed E-state index contributed by atoms with van der Waals surface area (Å²) in [6, 6.07) is 12.8. The number of phenols is 1. The van der Waals surface area contributed by atoms with Crippen molar-refractivity contribution >= 4 is 34.9 Å². The third-order valence-electron chi connectivity index (χ3n) is 2.66. The third-order valence-corrected chi connectivity index (χ3v) is 2.85. The van der Waals surface area contributed by atoms with Crippen LogP contribution in [0.4, 0.5) is 11.4 Å². The predicted molar refractivity (Wildman–Crippen MR) is 88.2 cm³/mol. The van der Waals surface area contributed by atoms with Gasteiger partial charge in [0.25, 0.3) is 5.69 Å². The molecular weight excluding hydrogens is 304 g/mol. The molecule has 0 fully saturated rings. The molecule has 0 saturated carbocycles. The second kappa shape index (κ2) is 7.14. The minimum absolute atomic E-state index is 0.0867. The van der Waals surface area contributed by atoms with Crippen molar-refractivity contribution in [3.8, 4) is 5.75 Å². The largest absolute Gasteiger partial charge is 0.507 e. The minimum atomic E-state index is -0.504. The first-order chi connectivity index (χ1) is 10.6. The fourth-order valence-corrected chi connectivity index (χ4v) is 1.81. The number of nitro groups is 1. The fourth-order valence-electron chi connectivity index (χ4n) is 1.65. The second-order valence-electron chi connectivity index (χ2n) is 4.16. The molecule has 0 saturated heterocycles. The fraction of sp³-hybridized carbons (Fsp3) is 0. The van der Waals surface area contributed by atoms with E-state index in [1.165, 1.54) is 18.3 Å². The zero-order valence-electron chi connectivity index (χ0n) is 11.3. The molecule has 0 aliphatic heterocycles. The van der Waals surface area contributed by atoms with Gasteiger partial charge in [-0.15, -0.1) is 0 Å². The van der Waals surface area contributed by atoms with Gasteiger partial charge in [0.1, 0.15) is 11.4 Å². The summed E-state index contributed by atoms with van der Waals surface area (Å²) in [6.45, 7) is 0. The van der Waals surface area contributed by atoms with Gasteiger partial charge in [0.05, 0.1) is 11.1 Å². The molecule has 0 heterocycles. The van der Waals surface area contributed by atoms with Gasteiger partial charge in [-0.1, -0.05) is 24.3 Å². The first kappa shape index (κ1) is 15.4. The first-order valence-corrected chi connectivity index (χ1v) is 6.60. The van der Waals surface area contributed by atoms with Gasteiger partial charge in [-0.05, 0) is 30.4 Å². The number of hydrogen-bond donors (Lipinski definition) is 3. The van der Waals surface area contributed by atoms with Crippen LogP contribution in [0.2, 0.25) is 0 Å². The van der Waals surface area contributed by atoms with Gasteiger partial charge in [0.2, 0.25) is 0 Å². The maximum atomic E-state index is 10.9. The molecule has 0 unspecified atom stereocenters. The minimum Gasteiger partial charge on any atom is -0.507 e. The summed E-state index contributed by atoms with van der Waals surface area (Å²) < 4.78 is 0. The molecule has 0 atom stereocenters. The van der Waals surface area contributed by atoms with Crippen molar-refractivity contribution in [3.63, 3.8) is 0 Å². The van der Waals surface area contributed by atoms with Gasteiger partial charge in [-0.3, -0.25) is 15.5 Å². The Morgan fingerprint density at radius 1 is 1.23 bits per heavy atom. The topological polar surface area (TPSA) is 99.8 Å². The van der Waals surface area contributed by atoms with Gasteiger partial charge in [0.15, 0.2) is 5.11 Å². The summed E-state index contributed by atoms with van der Waals surface area (Å²) in [6.07, 6.45) is 1.39. The lowest BCUT2D eigenvalue weighted by atomic mass is 10.2. The summed E-state index contributed by atoms with van der Waals surface area (Å²) in [7, 11) is 0. The van der Waals surface area contributed by atoms with Crippen LogP contribution in [0, 0.1) is 10.1 Å². The lowest BCUT2D eigenvalue weighted by Crippen LogP contribution is -2.24. The molecule has 3 N–H and O–H groups in total. The number of para-hydroxylation sites is 3. The Hall–Kier alpha value is -3.00. The summed E-state index contributed by atoms with van der Waals surface area (Å²) in [5.74, 6) is 0.0885. The van der Waals surface area contributed by atoms with Gasteiger partial charge in [0, 0.05) is 11.6 Å². The Kier molecular flexibility index (Phi) is 4.99. The van der Waals surface area contributed by atoms with Gasteiger partial charge in [-0.2, -0.15) is 5.10 Å².